The Balaban J connectivity index is 1.68. The van der Waals surface area contributed by atoms with Gasteiger partial charge in [0.05, 0.1) is 24.5 Å². The first-order valence-electron chi connectivity index (χ1n) is 9.05. The first-order valence-corrected chi connectivity index (χ1v) is 10.0. The summed E-state index contributed by atoms with van der Waals surface area (Å²) in [6, 6.07) is 7.95. The Morgan fingerprint density at radius 1 is 1.29 bits per heavy atom. The van der Waals surface area contributed by atoms with E-state index in [1.165, 1.54) is 12.4 Å². The van der Waals surface area contributed by atoms with Crippen molar-refractivity contribution in [3.8, 4) is 5.88 Å². The lowest BCUT2D eigenvalue weighted by Crippen LogP contribution is -2.28. The maximum absolute atomic E-state index is 12.6. The molecule has 1 aromatic carbocycles. The van der Waals surface area contributed by atoms with Crippen molar-refractivity contribution >= 4 is 22.7 Å². The fraction of sp³-hybridized carbons (Fsp3) is 0.400. The molecule has 28 heavy (non-hydrogen) atoms. The Kier molecular flexibility index (Phi) is 6.64. The molecule has 148 valence electrons. The lowest BCUT2D eigenvalue weighted by atomic mass is 9.88. The SMILES string of the molecule is COCCOc1cnc(C(=O)Cc2cccc(C3(C)CCSC(N)=N3)c2)cn1. The van der Waals surface area contributed by atoms with E-state index in [4.69, 9.17) is 15.2 Å². The van der Waals surface area contributed by atoms with Crippen molar-refractivity contribution in [3.05, 3.63) is 53.5 Å². The summed E-state index contributed by atoms with van der Waals surface area (Å²) in [5.74, 6) is 1.21. The number of amidine groups is 1. The van der Waals surface area contributed by atoms with Crippen LogP contribution in [0.5, 0.6) is 5.88 Å². The van der Waals surface area contributed by atoms with Crippen LogP contribution in [0.3, 0.4) is 0 Å². The van der Waals surface area contributed by atoms with E-state index < -0.39 is 0 Å². The molecular formula is C20H24N4O3S. The van der Waals surface area contributed by atoms with E-state index in [1.54, 1.807) is 18.9 Å². The molecule has 0 spiro atoms. The van der Waals surface area contributed by atoms with Gasteiger partial charge < -0.3 is 15.2 Å². The first-order chi connectivity index (χ1) is 13.5. The zero-order chi connectivity index (χ0) is 20.0. The minimum absolute atomic E-state index is 0.0968. The second kappa shape index (κ2) is 9.16. The Bertz CT molecular complexity index is 857. The number of nitrogens with two attached hydrogens (primary N) is 1. The van der Waals surface area contributed by atoms with Gasteiger partial charge in [-0.1, -0.05) is 36.0 Å². The molecule has 0 fully saturated rings. The molecule has 0 radical (unpaired) electrons. The van der Waals surface area contributed by atoms with Crippen LogP contribution >= 0.6 is 11.8 Å². The van der Waals surface area contributed by atoms with Crippen LogP contribution in [0.15, 0.2) is 41.7 Å². The summed E-state index contributed by atoms with van der Waals surface area (Å²) in [7, 11) is 1.60. The minimum Gasteiger partial charge on any atom is -0.474 e. The molecule has 8 heteroatoms. The minimum atomic E-state index is -0.352. The summed E-state index contributed by atoms with van der Waals surface area (Å²) in [4.78, 5) is 25.5. The fourth-order valence-corrected chi connectivity index (χ4v) is 3.93. The van der Waals surface area contributed by atoms with Crippen molar-refractivity contribution in [2.24, 2.45) is 10.7 Å². The smallest absolute Gasteiger partial charge is 0.232 e. The molecule has 0 amide bonds. The first kappa shape index (κ1) is 20.3. The van der Waals surface area contributed by atoms with Crippen LogP contribution in [-0.4, -0.2) is 47.0 Å². The average molecular weight is 401 g/mol. The van der Waals surface area contributed by atoms with Gasteiger partial charge in [0.1, 0.15) is 12.3 Å². The van der Waals surface area contributed by atoms with Gasteiger partial charge in [-0.15, -0.1) is 0 Å². The zero-order valence-corrected chi connectivity index (χ0v) is 16.9. The van der Waals surface area contributed by atoms with Crippen LogP contribution in [0.2, 0.25) is 0 Å². The number of hydrogen-bond donors (Lipinski definition) is 1. The van der Waals surface area contributed by atoms with E-state index in [2.05, 4.69) is 21.9 Å². The van der Waals surface area contributed by atoms with Crippen LogP contribution in [0.4, 0.5) is 0 Å². The van der Waals surface area contributed by atoms with Crippen LogP contribution in [0, 0.1) is 0 Å². The summed E-state index contributed by atoms with van der Waals surface area (Å²) < 4.78 is 10.3. The van der Waals surface area contributed by atoms with Gasteiger partial charge in [-0.3, -0.25) is 9.79 Å². The van der Waals surface area contributed by atoms with Gasteiger partial charge in [-0.2, -0.15) is 0 Å². The normalized spacial score (nSPS) is 19.1. The van der Waals surface area contributed by atoms with Crippen molar-refractivity contribution in [3.63, 3.8) is 0 Å². The second-order valence-corrected chi connectivity index (χ2v) is 7.82. The Hall–Kier alpha value is -2.45. The molecule has 0 bridgehead atoms. The predicted molar refractivity (Wildman–Crippen MR) is 110 cm³/mol. The monoisotopic (exact) mass is 400 g/mol. The van der Waals surface area contributed by atoms with Gasteiger partial charge in [0.25, 0.3) is 0 Å². The van der Waals surface area contributed by atoms with Crippen molar-refractivity contribution in [1.82, 2.24) is 9.97 Å². The molecule has 3 rings (SSSR count). The highest BCUT2D eigenvalue weighted by Gasteiger charge is 2.29. The highest BCUT2D eigenvalue weighted by molar-refractivity contribution is 8.13. The molecule has 2 aromatic rings. The van der Waals surface area contributed by atoms with Gasteiger partial charge >= 0.3 is 0 Å². The molecule has 1 unspecified atom stereocenters. The van der Waals surface area contributed by atoms with Crippen molar-refractivity contribution in [2.45, 2.75) is 25.3 Å². The third-order valence-electron chi connectivity index (χ3n) is 4.56. The van der Waals surface area contributed by atoms with Crippen LogP contribution in [0.1, 0.15) is 35.0 Å². The number of Topliss-reactive ketones (excluding diaryl/α,β-unsaturated/α-hetero) is 1. The van der Waals surface area contributed by atoms with E-state index in [9.17, 15) is 4.79 Å². The van der Waals surface area contributed by atoms with E-state index in [0.29, 0.717) is 30.0 Å². The Morgan fingerprint density at radius 3 is 2.86 bits per heavy atom. The van der Waals surface area contributed by atoms with Gasteiger partial charge in [0.2, 0.25) is 5.88 Å². The lowest BCUT2D eigenvalue weighted by molar-refractivity contribution is 0.0987. The summed E-state index contributed by atoms with van der Waals surface area (Å²) in [5.41, 5.74) is 7.86. The molecule has 0 saturated carbocycles. The number of carbonyl (C=O) groups is 1. The number of nitrogens with zero attached hydrogens (tertiary/aromatic N) is 3. The van der Waals surface area contributed by atoms with Crippen LogP contribution < -0.4 is 10.5 Å². The lowest BCUT2D eigenvalue weighted by Gasteiger charge is -2.30. The summed E-state index contributed by atoms with van der Waals surface area (Å²) >= 11 is 1.58. The number of aliphatic imine (C=N–C) groups is 1. The van der Waals surface area contributed by atoms with Crippen molar-refractivity contribution in [1.29, 1.82) is 0 Å². The molecule has 2 N–H and O–H groups in total. The molecule has 1 aromatic heterocycles. The maximum atomic E-state index is 12.6. The summed E-state index contributed by atoms with van der Waals surface area (Å²) in [6.07, 6.45) is 4.05. The third-order valence-corrected chi connectivity index (χ3v) is 5.36. The highest BCUT2D eigenvalue weighted by Crippen LogP contribution is 2.35. The molecule has 1 atom stereocenters. The molecule has 7 nitrogen and oxygen atoms in total. The van der Waals surface area contributed by atoms with E-state index in [0.717, 1.165) is 23.3 Å². The quantitative estimate of drug-likeness (QED) is 0.537. The topological polar surface area (TPSA) is 99.7 Å². The number of ketones is 1. The largest absolute Gasteiger partial charge is 0.474 e. The van der Waals surface area contributed by atoms with E-state index in [1.807, 2.05) is 24.3 Å². The van der Waals surface area contributed by atoms with Gasteiger partial charge in [-0.05, 0) is 24.5 Å². The number of carbonyl (C=O) groups excluding carboxylic acids is 1. The predicted octanol–water partition coefficient (Wildman–Crippen LogP) is 2.59. The van der Waals surface area contributed by atoms with Crippen molar-refractivity contribution < 1.29 is 14.3 Å². The number of benzene rings is 1. The number of hydrogen-bond acceptors (Lipinski definition) is 8. The van der Waals surface area contributed by atoms with Crippen molar-refractivity contribution in [2.75, 3.05) is 26.1 Å². The summed E-state index contributed by atoms with van der Waals surface area (Å²) in [5, 5.41) is 0.610. The van der Waals surface area contributed by atoms with Gasteiger partial charge in [0.15, 0.2) is 11.0 Å². The average Bonchev–Trinajstić information content (AvgIpc) is 2.69. The number of ether oxygens (including phenoxy) is 2. The molecule has 0 aliphatic carbocycles. The van der Waals surface area contributed by atoms with Crippen LogP contribution in [-0.2, 0) is 16.7 Å². The molecule has 0 saturated heterocycles. The third kappa shape index (κ3) is 5.08. The zero-order valence-electron chi connectivity index (χ0n) is 16.1. The van der Waals surface area contributed by atoms with Gasteiger partial charge in [-0.25, -0.2) is 9.97 Å². The second-order valence-electron chi connectivity index (χ2n) is 6.70. The van der Waals surface area contributed by atoms with Gasteiger partial charge in [0, 0.05) is 19.3 Å². The Morgan fingerprint density at radius 2 is 2.14 bits per heavy atom. The van der Waals surface area contributed by atoms with Crippen LogP contribution in [0.25, 0.3) is 0 Å². The highest BCUT2D eigenvalue weighted by atomic mass is 32.2. The number of methoxy groups -OCH3 is 1. The molecule has 1 aliphatic heterocycles. The number of thioether (sulfide) groups is 1. The standard InChI is InChI=1S/C20H24N4O3S/c1-20(6-9-28-19(21)24-20)15-5-3-4-14(10-15)11-17(25)16-12-23-18(13-22-16)27-8-7-26-2/h3-5,10,12-13H,6-9,11H2,1-2H3,(H2,21,24). The Labute approximate surface area is 168 Å². The molecule has 1 aliphatic rings. The number of aromatic nitrogens is 2. The van der Waals surface area contributed by atoms with E-state index >= 15 is 0 Å². The molecular weight excluding hydrogens is 376 g/mol. The fourth-order valence-electron chi connectivity index (χ4n) is 2.95. The van der Waals surface area contributed by atoms with E-state index in [-0.39, 0.29) is 17.7 Å². The maximum Gasteiger partial charge on any atom is 0.232 e. The number of rotatable bonds is 8. The molecule has 2 heterocycles. The summed E-state index contributed by atoms with van der Waals surface area (Å²) in [6.45, 7) is 2.93.